The smallest absolute Gasteiger partial charge is 0.0297 e. The summed E-state index contributed by atoms with van der Waals surface area (Å²) in [5.41, 5.74) is 0.496. The molecule has 0 nitrogen and oxygen atoms in total. The van der Waals surface area contributed by atoms with Gasteiger partial charge >= 0.3 is 0 Å². The van der Waals surface area contributed by atoms with E-state index in [1.807, 2.05) is 0 Å². The van der Waals surface area contributed by atoms with E-state index in [0.29, 0.717) is 5.41 Å². The lowest BCUT2D eigenvalue weighted by Crippen LogP contribution is -2.10. The molecule has 0 heteroatoms. The topological polar surface area (TPSA) is 0 Å². The SMILES string of the molecule is [CH2]C1(CCCC)CCCC1. The molecule has 1 aliphatic rings. The van der Waals surface area contributed by atoms with Crippen molar-refractivity contribution in [2.24, 2.45) is 5.41 Å². The van der Waals surface area contributed by atoms with Gasteiger partial charge in [-0.15, -0.1) is 0 Å². The van der Waals surface area contributed by atoms with E-state index in [2.05, 4.69) is 13.8 Å². The fourth-order valence-electron chi connectivity index (χ4n) is 1.93. The molecule has 1 radical (unpaired) electrons. The molecule has 0 N–H and O–H groups in total. The highest BCUT2D eigenvalue weighted by Gasteiger charge is 2.27. The molecule has 1 fully saturated rings. The van der Waals surface area contributed by atoms with Crippen molar-refractivity contribution in [3.05, 3.63) is 6.92 Å². The van der Waals surface area contributed by atoms with Crippen LogP contribution in [0, 0.1) is 12.3 Å². The van der Waals surface area contributed by atoms with E-state index < -0.39 is 0 Å². The van der Waals surface area contributed by atoms with E-state index in [-0.39, 0.29) is 0 Å². The van der Waals surface area contributed by atoms with Gasteiger partial charge in [-0.2, -0.15) is 0 Å². The standard InChI is InChI=1S/C10H19/c1-3-4-7-10(2)8-5-6-9-10/h2-9H2,1H3. The van der Waals surface area contributed by atoms with Gasteiger partial charge in [0, 0.05) is 0 Å². The Morgan fingerprint density at radius 2 is 1.90 bits per heavy atom. The Hall–Kier alpha value is 0. The Labute approximate surface area is 65.0 Å². The van der Waals surface area contributed by atoms with Gasteiger partial charge in [0.15, 0.2) is 0 Å². The Morgan fingerprint density at radius 3 is 2.40 bits per heavy atom. The zero-order valence-corrected chi connectivity index (χ0v) is 7.16. The summed E-state index contributed by atoms with van der Waals surface area (Å²) in [5.74, 6) is 0. The summed E-state index contributed by atoms with van der Waals surface area (Å²) < 4.78 is 0. The van der Waals surface area contributed by atoms with Crippen LogP contribution in [0.4, 0.5) is 0 Å². The number of hydrogen-bond acceptors (Lipinski definition) is 0. The molecule has 0 aliphatic heterocycles. The largest absolute Gasteiger partial charge is 0.0654 e. The van der Waals surface area contributed by atoms with Crippen LogP contribution < -0.4 is 0 Å². The van der Waals surface area contributed by atoms with Gasteiger partial charge in [-0.25, -0.2) is 0 Å². The highest BCUT2D eigenvalue weighted by Crippen LogP contribution is 2.40. The molecule has 0 aromatic rings. The van der Waals surface area contributed by atoms with E-state index in [9.17, 15) is 0 Å². The molecule has 59 valence electrons. The van der Waals surface area contributed by atoms with Crippen molar-refractivity contribution >= 4 is 0 Å². The Bertz CT molecular complexity index is 88.2. The highest BCUT2D eigenvalue weighted by molar-refractivity contribution is 4.86. The van der Waals surface area contributed by atoms with Crippen molar-refractivity contribution in [2.75, 3.05) is 0 Å². The van der Waals surface area contributed by atoms with Crippen molar-refractivity contribution in [1.29, 1.82) is 0 Å². The van der Waals surface area contributed by atoms with Crippen LogP contribution in [0.25, 0.3) is 0 Å². The molecule has 0 heterocycles. The number of rotatable bonds is 3. The van der Waals surface area contributed by atoms with E-state index in [0.717, 1.165) is 0 Å². The van der Waals surface area contributed by atoms with Gasteiger partial charge in [-0.3, -0.25) is 0 Å². The van der Waals surface area contributed by atoms with Crippen LogP contribution in [0.15, 0.2) is 0 Å². The maximum atomic E-state index is 4.31. The summed E-state index contributed by atoms with van der Waals surface area (Å²) in [7, 11) is 0. The van der Waals surface area contributed by atoms with Gasteiger partial charge in [0.05, 0.1) is 0 Å². The van der Waals surface area contributed by atoms with Gasteiger partial charge in [0.2, 0.25) is 0 Å². The number of unbranched alkanes of at least 4 members (excludes halogenated alkanes) is 1. The van der Waals surface area contributed by atoms with Crippen molar-refractivity contribution in [3.63, 3.8) is 0 Å². The Morgan fingerprint density at radius 1 is 1.30 bits per heavy atom. The second-order valence-electron chi connectivity index (χ2n) is 3.81. The Balaban J connectivity index is 2.22. The molecule has 0 spiro atoms. The quantitative estimate of drug-likeness (QED) is 0.560. The van der Waals surface area contributed by atoms with Crippen LogP contribution in [0.5, 0.6) is 0 Å². The summed E-state index contributed by atoms with van der Waals surface area (Å²) in [4.78, 5) is 0. The van der Waals surface area contributed by atoms with Gasteiger partial charge in [0.25, 0.3) is 0 Å². The first-order chi connectivity index (χ1) is 4.77. The maximum absolute atomic E-state index is 4.31. The molecule has 0 aromatic heterocycles. The fraction of sp³-hybridized carbons (Fsp3) is 0.900. The maximum Gasteiger partial charge on any atom is -0.0297 e. The predicted octanol–water partition coefficient (Wildman–Crippen LogP) is 3.57. The average molecular weight is 139 g/mol. The summed E-state index contributed by atoms with van der Waals surface area (Å²) in [6.07, 6.45) is 9.69. The first-order valence-corrected chi connectivity index (χ1v) is 4.62. The van der Waals surface area contributed by atoms with Crippen LogP contribution in [-0.4, -0.2) is 0 Å². The molecule has 0 atom stereocenters. The van der Waals surface area contributed by atoms with Crippen LogP contribution in [0.1, 0.15) is 51.9 Å². The summed E-state index contributed by atoms with van der Waals surface area (Å²) in [5, 5.41) is 0. The van der Waals surface area contributed by atoms with Crippen molar-refractivity contribution in [1.82, 2.24) is 0 Å². The molecule has 10 heavy (non-hydrogen) atoms. The third kappa shape index (κ3) is 2.00. The van der Waals surface area contributed by atoms with Crippen molar-refractivity contribution in [2.45, 2.75) is 51.9 Å². The van der Waals surface area contributed by atoms with Gasteiger partial charge in [-0.05, 0) is 31.6 Å². The third-order valence-corrected chi connectivity index (χ3v) is 2.72. The molecule has 0 unspecified atom stereocenters. The molecule has 1 aliphatic carbocycles. The zero-order chi connectivity index (χ0) is 7.45. The predicted molar refractivity (Wildman–Crippen MR) is 45.8 cm³/mol. The second-order valence-corrected chi connectivity index (χ2v) is 3.81. The fourth-order valence-corrected chi connectivity index (χ4v) is 1.93. The number of hydrogen-bond donors (Lipinski definition) is 0. The summed E-state index contributed by atoms with van der Waals surface area (Å²) >= 11 is 0. The Kier molecular flexibility index (Phi) is 2.76. The molecule has 0 amide bonds. The molecule has 1 saturated carbocycles. The van der Waals surface area contributed by atoms with Gasteiger partial charge in [-0.1, -0.05) is 32.6 Å². The minimum absolute atomic E-state index is 0.496. The molecule has 0 bridgehead atoms. The molecule has 1 rings (SSSR count). The molecular formula is C10H19. The van der Waals surface area contributed by atoms with Gasteiger partial charge < -0.3 is 0 Å². The van der Waals surface area contributed by atoms with Crippen LogP contribution in [0.2, 0.25) is 0 Å². The second kappa shape index (κ2) is 3.41. The first-order valence-electron chi connectivity index (χ1n) is 4.62. The lowest BCUT2D eigenvalue weighted by atomic mass is 9.83. The lowest BCUT2D eigenvalue weighted by molar-refractivity contribution is 0.346. The normalized spacial score (nSPS) is 23.4. The molecule has 0 aromatic carbocycles. The van der Waals surface area contributed by atoms with E-state index >= 15 is 0 Å². The monoisotopic (exact) mass is 139 g/mol. The molecule has 0 saturated heterocycles. The zero-order valence-electron chi connectivity index (χ0n) is 7.16. The first kappa shape index (κ1) is 8.10. The van der Waals surface area contributed by atoms with E-state index in [1.54, 1.807) is 0 Å². The average Bonchev–Trinajstić information content (AvgIpc) is 2.33. The molecular weight excluding hydrogens is 120 g/mol. The van der Waals surface area contributed by atoms with Crippen LogP contribution >= 0.6 is 0 Å². The van der Waals surface area contributed by atoms with Crippen LogP contribution in [0.3, 0.4) is 0 Å². The van der Waals surface area contributed by atoms with Gasteiger partial charge in [0.1, 0.15) is 0 Å². The third-order valence-electron chi connectivity index (χ3n) is 2.72. The summed E-state index contributed by atoms with van der Waals surface area (Å²) in [6, 6.07) is 0. The van der Waals surface area contributed by atoms with E-state index in [4.69, 9.17) is 0 Å². The highest BCUT2D eigenvalue weighted by atomic mass is 14.3. The van der Waals surface area contributed by atoms with Crippen LogP contribution in [-0.2, 0) is 0 Å². The van der Waals surface area contributed by atoms with Crippen molar-refractivity contribution < 1.29 is 0 Å². The summed E-state index contributed by atoms with van der Waals surface area (Å²) in [6.45, 7) is 6.57. The van der Waals surface area contributed by atoms with E-state index in [1.165, 1.54) is 44.9 Å². The lowest BCUT2D eigenvalue weighted by Gasteiger charge is -2.22. The van der Waals surface area contributed by atoms with Crippen molar-refractivity contribution in [3.8, 4) is 0 Å². The minimum atomic E-state index is 0.496. The minimum Gasteiger partial charge on any atom is -0.0654 e.